The van der Waals surface area contributed by atoms with Crippen molar-refractivity contribution in [3.05, 3.63) is 54.1 Å². The number of anilines is 2. The second-order valence-electron chi connectivity index (χ2n) is 6.75. The van der Waals surface area contributed by atoms with E-state index in [0.29, 0.717) is 36.1 Å². The molecule has 0 bridgehead atoms. The predicted molar refractivity (Wildman–Crippen MR) is 118 cm³/mol. The van der Waals surface area contributed by atoms with Crippen LogP contribution in [0, 0.1) is 0 Å². The van der Waals surface area contributed by atoms with Crippen LogP contribution in [0.1, 0.15) is 13.8 Å². The van der Waals surface area contributed by atoms with Crippen LogP contribution in [0.3, 0.4) is 0 Å². The van der Waals surface area contributed by atoms with Gasteiger partial charge in [0.05, 0.1) is 5.25 Å². The van der Waals surface area contributed by atoms with E-state index in [1.807, 2.05) is 0 Å². The second-order valence-corrected chi connectivity index (χ2v) is 8.17. The van der Waals surface area contributed by atoms with Crippen LogP contribution in [0.25, 0.3) is 0 Å². The molecule has 162 valence electrons. The van der Waals surface area contributed by atoms with Crippen LogP contribution in [-0.2, 0) is 14.4 Å². The zero-order valence-corrected chi connectivity index (χ0v) is 17.8. The number of ether oxygens (including phenoxy) is 2. The van der Waals surface area contributed by atoms with E-state index in [-0.39, 0.29) is 16.7 Å². The predicted octanol–water partition coefficient (Wildman–Crippen LogP) is 3.55. The molecule has 9 heteroatoms. The highest BCUT2D eigenvalue weighted by Gasteiger charge is 2.17. The molecule has 3 N–H and O–H groups in total. The summed E-state index contributed by atoms with van der Waals surface area (Å²) < 4.78 is 11.0. The molecule has 0 fully saturated rings. The first-order valence-electron chi connectivity index (χ1n) is 9.51. The number of amides is 2. The molecule has 31 heavy (non-hydrogen) atoms. The van der Waals surface area contributed by atoms with Crippen molar-refractivity contribution >= 4 is 40.9 Å². The van der Waals surface area contributed by atoms with Gasteiger partial charge in [-0.1, -0.05) is 0 Å². The zero-order chi connectivity index (χ0) is 22.4. The van der Waals surface area contributed by atoms with E-state index < -0.39 is 11.9 Å². The lowest BCUT2D eigenvalue weighted by molar-refractivity contribution is -0.132. The van der Waals surface area contributed by atoms with Crippen molar-refractivity contribution in [3.63, 3.8) is 0 Å². The molecule has 0 aromatic heterocycles. The van der Waals surface area contributed by atoms with Gasteiger partial charge in [-0.3, -0.25) is 9.59 Å². The Morgan fingerprint density at radius 1 is 1.00 bits per heavy atom. The molecule has 2 aromatic carbocycles. The first kappa shape index (κ1) is 22.2. The number of aliphatic carboxylic acids is 1. The smallest absolute Gasteiger partial charge is 0.331 e. The van der Waals surface area contributed by atoms with Crippen LogP contribution in [0.5, 0.6) is 11.5 Å². The summed E-state index contributed by atoms with van der Waals surface area (Å²) in [6, 6.07) is 12.2. The van der Waals surface area contributed by atoms with E-state index in [1.165, 1.54) is 18.7 Å². The standard InChI is InChI=1S/C22H22N2O6S/c1-13(22(27)28)11-20(25)23-15-3-6-17(7-4-15)31-14(2)21(26)24-16-5-8-18-19(12-16)30-10-9-29-18/h3-8,11-12,14H,9-10H2,1-2H3,(H,23,25)(H,24,26)(H,27,28)/b13-11+. The third kappa shape index (κ3) is 6.26. The third-order valence-corrected chi connectivity index (χ3v) is 5.41. The molecule has 1 atom stereocenters. The Morgan fingerprint density at radius 2 is 1.65 bits per heavy atom. The third-order valence-electron chi connectivity index (χ3n) is 4.30. The summed E-state index contributed by atoms with van der Waals surface area (Å²) in [5, 5.41) is 13.9. The SMILES string of the molecule is C/C(=C\C(=O)Nc1ccc(SC(C)C(=O)Nc2ccc3c(c2)OCCO3)cc1)C(=O)O. The maximum Gasteiger partial charge on any atom is 0.331 e. The molecule has 0 aliphatic carbocycles. The van der Waals surface area contributed by atoms with E-state index in [4.69, 9.17) is 14.6 Å². The minimum absolute atomic E-state index is 0.0532. The Labute approximate surface area is 183 Å². The lowest BCUT2D eigenvalue weighted by Crippen LogP contribution is -2.22. The Morgan fingerprint density at radius 3 is 2.32 bits per heavy atom. The zero-order valence-electron chi connectivity index (χ0n) is 17.0. The van der Waals surface area contributed by atoms with Crippen molar-refractivity contribution in [2.75, 3.05) is 23.8 Å². The lowest BCUT2D eigenvalue weighted by Gasteiger charge is -2.19. The van der Waals surface area contributed by atoms with Gasteiger partial charge in [-0.05, 0) is 50.2 Å². The van der Waals surface area contributed by atoms with Crippen molar-refractivity contribution in [3.8, 4) is 11.5 Å². The van der Waals surface area contributed by atoms with Gasteiger partial charge in [0.15, 0.2) is 11.5 Å². The number of hydrogen-bond donors (Lipinski definition) is 3. The number of carbonyl (C=O) groups is 3. The molecule has 1 unspecified atom stereocenters. The lowest BCUT2D eigenvalue weighted by atomic mass is 10.2. The Balaban J connectivity index is 1.54. The summed E-state index contributed by atoms with van der Waals surface area (Å²) in [6.07, 6.45) is 1.02. The van der Waals surface area contributed by atoms with E-state index in [9.17, 15) is 14.4 Å². The van der Waals surface area contributed by atoms with Crippen molar-refractivity contribution in [2.45, 2.75) is 24.0 Å². The average Bonchev–Trinajstić information content (AvgIpc) is 2.74. The maximum absolute atomic E-state index is 12.5. The van der Waals surface area contributed by atoms with Crippen LogP contribution in [0.2, 0.25) is 0 Å². The first-order valence-corrected chi connectivity index (χ1v) is 10.4. The van der Waals surface area contributed by atoms with Gasteiger partial charge in [-0.25, -0.2) is 4.79 Å². The number of carboxylic acids is 1. The van der Waals surface area contributed by atoms with Crippen LogP contribution < -0.4 is 20.1 Å². The average molecular weight is 442 g/mol. The largest absolute Gasteiger partial charge is 0.486 e. The fourth-order valence-corrected chi connectivity index (χ4v) is 3.54. The molecular weight excluding hydrogens is 420 g/mol. The Bertz CT molecular complexity index is 1020. The van der Waals surface area contributed by atoms with Gasteiger partial charge in [0.1, 0.15) is 13.2 Å². The van der Waals surface area contributed by atoms with Gasteiger partial charge < -0.3 is 25.2 Å². The highest BCUT2D eigenvalue weighted by Crippen LogP contribution is 2.33. The van der Waals surface area contributed by atoms with Gasteiger partial charge >= 0.3 is 5.97 Å². The Kier molecular flexibility index (Phi) is 7.19. The van der Waals surface area contributed by atoms with Crippen LogP contribution >= 0.6 is 11.8 Å². The maximum atomic E-state index is 12.5. The van der Waals surface area contributed by atoms with Crippen molar-refractivity contribution in [1.29, 1.82) is 0 Å². The summed E-state index contributed by atoms with van der Waals surface area (Å²) >= 11 is 1.37. The molecule has 0 spiro atoms. The molecule has 1 heterocycles. The fourth-order valence-electron chi connectivity index (χ4n) is 2.68. The van der Waals surface area contributed by atoms with Crippen LogP contribution in [0.4, 0.5) is 11.4 Å². The van der Waals surface area contributed by atoms with Crippen LogP contribution in [-0.4, -0.2) is 41.4 Å². The molecule has 1 aliphatic rings. The number of rotatable bonds is 7. The van der Waals surface area contributed by atoms with E-state index in [2.05, 4.69) is 10.6 Å². The fraction of sp³-hybridized carbons (Fsp3) is 0.227. The number of benzene rings is 2. The number of thioether (sulfide) groups is 1. The number of hydrogen-bond acceptors (Lipinski definition) is 6. The monoisotopic (exact) mass is 442 g/mol. The minimum atomic E-state index is -1.15. The molecule has 0 saturated heterocycles. The number of nitrogens with one attached hydrogen (secondary N) is 2. The van der Waals surface area contributed by atoms with Crippen molar-refractivity contribution in [2.24, 2.45) is 0 Å². The summed E-state index contributed by atoms with van der Waals surface area (Å²) in [5.41, 5.74) is 1.10. The molecule has 2 amide bonds. The molecule has 1 aliphatic heterocycles. The molecule has 0 saturated carbocycles. The van der Waals surface area contributed by atoms with Crippen molar-refractivity contribution < 1.29 is 29.0 Å². The minimum Gasteiger partial charge on any atom is -0.486 e. The van der Waals surface area contributed by atoms with Gasteiger partial charge in [0.2, 0.25) is 11.8 Å². The van der Waals surface area contributed by atoms with E-state index in [0.717, 1.165) is 11.0 Å². The Hall–Kier alpha value is -3.46. The number of carboxylic acid groups (broad SMARTS) is 1. The first-order chi connectivity index (χ1) is 14.8. The summed E-state index contributed by atoms with van der Waals surface area (Å²) in [4.78, 5) is 36.0. The quantitative estimate of drug-likeness (QED) is 0.444. The molecule has 3 rings (SSSR count). The summed E-state index contributed by atoms with van der Waals surface area (Å²) in [7, 11) is 0. The van der Waals surface area contributed by atoms with E-state index >= 15 is 0 Å². The highest BCUT2D eigenvalue weighted by atomic mass is 32.2. The number of fused-ring (bicyclic) bond motifs is 1. The summed E-state index contributed by atoms with van der Waals surface area (Å²) in [6.45, 7) is 4.13. The van der Waals surface area contributed by atoms with E-state index in [1.54, 1.807) is 49.4 Å². The topological polar surface area (TPSA) is 114 Å². The van der Waals surface area contributed by atoms with Crippen molar-refractivity contribution in [1.82, 2.24) is 0 Å². The van der Waals surface area contributed by atoms with Gasteiger partial charge in [0.25, 0.3) is 0 Å². The summed E-state index contributed by atoms with van der Waals surface area (Å²) in [5.74, 6) is -0.561. The molecule has 8 nitrogen and oxygen atoms in total. The highest BCUT2D eigenvalue weighted by molar-refractivity contribution is 8.00. The van der Waals surface area contributed by atoms with Gasteiger partial charge in [-0.2, -0.15) is 0 Å². The van der Waals surface area contributed by atoms with Crippen LogP contribution in [0.15, 0.2) is 59.0 Å². The van der Waals surface area contributed by atoms with Gasteiger partial charge in [-0.15, -0.1) is 11.8 Å². The second kappa shape index (κ2) is 10.0. The molecular formula is C22H22N2O6S. The molecule has 2 aromatic rings. The van der Waals surface area contributed by atoms with Gasteiger partial charge in [0, 0.05) is 34.0 Å². The molecule has 0 radical (unpaired) electrons. The normalized spacial score (nSPS) is 13.8. The number of carbonyl (C=O) groups excluding carboxylic acids is 2.